The fourth-order valence-electron chi connectivity index (χ4n) is 3.17. The summed E-state index contributed by atoms with van der Waals surface area (Å²) in [6.45, 7) is 1.81. The molecule has 2 aromatic carbocycles. The molecule has 0 bridgehead atoms. The van der Waals surface area contributed by atoms with E-state index in [9.17, 15) is 10.5 Å². The van der Waals surface area contributed by atoms with E-state index in [4.69, 9.17) is 17.3 Å². The standard InChI is InChI=1S/C19H17ClN4/c20-14-6-4-13(5-7-14)15-10-18(24-8-2-1-3-9-24)17(12-22)19(23)16(15)11-21/h4-7,10H,1-3,8-9,23H2. The van der Waals surface area contributed by atoms with Crippen molar-refractivity contribution in [2.75, 3.05) is 23.7 Å². The summed E-state index contributed by atoms with van der Waals surface area (Å²) in [6, 6.07) is 13.6. The predicted molar refractivity (Wildman–Crippen MR) is 96.8 cm³/mol. The van der Waals surface area contributed by atoms with Crippen LogP contribution in [-0.4, -0.2) is 13.1 Å². The van der Waals surface area contributed by atoms with Gasteiger partial charge >= 0.3 is 0 Å². The number of nitrogens with zero attached hydrogens (tertiary/aromatic N) is 3. The molecule has 120 valence electrons. The van der Waals surface area contributed by atoms with Crippen molar-refractivity contribution in [3.63, 3.8) is 0 Å². The minimum absolute atomic E-state index is 0.257. The lowest BCUT2D eigenvalue weighted by atomic mass is 9.94. The number of halogens is 1. The van der Waals surface area contributed by atoms with Crippen LogP contribution in [-0.2, 0) is 0 Å². The van der Waals surface area contributed by atoms with E-state index in [2.05, 4.69) is 17.0 Å². The number of nitrogens with two attached hydrogens (primary N) is 1. The molecular weight excluding hydrogens is 320 g/mol. The fourth-order valence-corrected chi connectivity index (χ4v) is 3.29. The van der Waals surface area contributed by atoms with Crippen LogP contribution in [0, 0.1) is 22.7 Å². The Labute approximate surface area is 146 Å². The monoisotopic (exact) mass is 336 g/mol. The van der Waals surface area contributed by atoms with Crippen molar-refractivity contribution in [1.29, 1.82) is 10.5 Å². The van der Waals surface area contributed by atoms with Gasteiger partial charge in [0.15, 0.2) is 0 Å². The summed E-state index contributed by atoms with van der Waals surface area (Å²) in [5.41, 5.74) is 9.60. The third-order valence-corrected chi connectivity index (χ3v) is 4.67. The zero-order valence-electron chi connectivity index (χ0n) is 13.2. The summed E-state index contributed by atoms with van der Waals surface area (Å²) in [7, 11) is 0. The van der Waals surface area contributed by atoms with Crippen LogP contribution < -0.4 is 10.6 Å². The molecule has 1 saturated heterocycles. The number of nitrogen functional groups attached to an aromatic ring is 1. The van der Waals surface area contributed by atoms with Gasteiger partial charge in [0.05, 0.1) is 22.5 Å². The van der Waals surface area contributed by atoms with Crippen LogP contribution >= 0.6 is 11.6 Å². The van der Waals surface area contributed by atoms with Crippen LogP contribution in [0.25, 0.3) is 11.1 Å². The molecule has 1 aliphatic heterocycles. The van der Waals surface area contributed by atoms with E-state index in [0.717, 1.165) is 42.7 Å². The van der Waals surface area contributed by atoms with Crippen molar-refractivity contribution in [1.82, 2.24) is 0 Å². The fraction of sp³-hybridized carbons (Fsp3) is 0.263. The highest BCUT2D eigenvalue weighted by Crippen LogP contribution is 2.37. The first-order valence-electron chi connectivity index (χ1n) is 7.93. The van der Waals surface area contributed by atoms with Crippen molar-refractivity contribution >= 4 is 23.0 Å². The lowest BCUT2D eigenvalue weighted by Crippen LogP contribution is -2.30. The van der Waals surface area contributed by atoms with Crippen LogP contribution in [0.4, 0.5) is 11.4 Å². The highest BCUT2D eigenvalue weighted by molar-refractivity contribution is 6.30. The van der Waals surface area contributed by atoms with Gasteiger partial charge in [0.2, 0.25) is 0 Å². The Kier molecular flexibility index (Phi) is 4.60. The second kappa shape index (κ2) is 6.83. The Morgan fingerprint density at radius 2 is 1.58 bits per heavy atom. The molecule has 0 saturated carbocycles. The number of anilines is 2. The number of hydrogen-bond acceptors (Lipinski definition) is 4. The smallest absolute Gasteiger partial charge is 0.104 e. The third kappa shape index (κ3) is 2.89. The number of hydrogen-bond donors (Lipinski definition) is 1. The van der Waals surface area contributed by atoms with Gasteiger partial charge in [0, 0.05) is 23.7 Å². The molecule has 0 radical (unpaired) electrons. The summed E-state index contributed by atoms with van der Waals surface area (Å²) in [6.07, 6.45) is 3.40. The average molecular weight is 337 g/mol. The van der Waals surface area contributed by atoms with Gasteiger partial charge in [-0.05, 0) is 43.0 Å². The average Bonchev–Trinajstić information content (AvgIpc) is 2.62. The summed E-state index contributed by atoms with van der Waals surface area (Å²) < 4.78 is 0. The normalized spacial score (nSPS) is 14.0. The first-order valence-corrected chi connectivity index (χ1v) is 8.31. The van der Waals surface area contributed by atoms with Gasteiger partial charge in [-0.2, -0.15) is 10.5 Å². The lowest BCUT2D eigenvalue weighted by molar-refractivity contribution is 0.577. The summed E-state index contributed by atoms with van der Waals surface area (Å²) in [4.78, 5) is 2.19. The van der Waals surface area contributed by atoms with Gasteiger partial charge in [-0.3, -0.25) is 0 Å². The Bertz CT molecular complexity index is 838. The molecule has 2 N–H and O–H groups in total. The topological polar surface area (TPSA) is 76.8 Å². The molecule has 24 heavy (non-hydrogen) atoms. The summed E-state index contributed by atoms with van der Waals surface area (Å²) >= 11 is 5.96. The molecule has 0 spiro atoms. The van der Waals surface area contributed by atoms with Crippen LogP contribution in [0.5, 0.6) is 0 Å². The lowest BCUT2D eigenvalue weighted by Gasteiger charge is -2.30. The molecule has 3 rings (SSSR count). The molecule has 1 aliphatic rings. The van der Waals surface area contributed by atoms with E-state index >= 15 is 0 Å². The van der Waals surface area contributed by atoms with Gasteiger partial charge in [-0.25, -0.2) is 0 Å². The third-order valence-electron chi connectivity index (χ3n) is 4.42. The van der Waals surface area contributed by atoms with E-state index < -0.39 is 0 Å². The zero-order valence-corrected chi connectivity index (χ0v) is 14.0. The van der Waals surface area contributed by atoms with Gasteiger partial charge in [-0.1, -0.05) is 23.7 Å². The number of nitriles is 2. The molecule has 0 atom stereocenters. The van der Waals surface area contributed by atoms with Gasteiger partial charge in [0.25, 0.3) is 0 Å². The van der Waals surface area contributed by atoms with E-state index in [1.165, 1.54) is 6.42 Å². The van der Waals surface area contributed by atoms with Gasteiger partial charge in [-0.15, -0.1) is 0 Å². The molecule has 0 unspecified atom stereocenters. The predicted octanol–water partition coefficient (Wildman–Crippen LogP) is 4.32. The van der Waals surface area contributed by atoms with Gasteiger partial charge in [0.1, 0.15) is 12.1 Å². The minimum atomic E-state index is 0.257. The highest BCUT2D eigenvalue weighted by Gasteiger charge is 2.22. The maximum Gasteiger partial charge on any atom is 0.104 e. The van der Waals surface area contributed by atoms with Gasteiger partial charge < -0.3 is 10.6 Å². The maximum atomic E-state index is 9.56. The van der Waals surface area contributed by atoms with E-state index in [1.807, 2.05) is 18.2 Å². The van der Waals surface area contributed by atoms with E-state index in [-0.39, 0.29) is 5.69 Å². The molecule has 0 aromatic heterocycles. The summed E-state index contributed by atoms with van der Waals surface area (Å²) in [5, 5.41) is 19.8. The molecule has 1 fully saturated rings. The SMILES string of the molecule is N#Cc1c(-c2ccc(Cl)cc2)cc(N2CCCCC2)c(C#N)c1N. The van der Waals surface area contributed by atoms with Crippen molar-refractivity contribution in [2.24, 2.45) is 0 Å². The second-order valence-corrected chi connectivity index (χ2v) is 6.32. The zero-order chi connectivity index (χ0) is 17.1. The Balaban J connectivity index is 2.21. The quantitative estimate of drug-likeness (QED) is 0.828. The molecule has 1 heterocycles. The van der Waals surface area contributed by atoms with Crippen molar-refractivity contribution in [3.05, 3.63) is 46.5 Å². The number of rotatable bonds is 2. The Morgan fingerprint density at radius 3 is 2.17 bits per heavy atom. The number of piperidine rings is 1. The van der Waals surface area contributed by atoms with Crippen LogP contribution in [0.3, 0.4) is 0 Å². The highest BCUT2D eigenvalue weighted by atomic mass is 35.5. The largest absolute Gasteiger partial charge is 0.396 e. The van der Waals surface area contributed by atoms with Crippen LogP contribution in [0.1, 0.15) is 30.4 Å². The Morgan fingerprint density at radius 1 is 0.958 bits per heavy atom. The number of benzene rings is 2. The van der Waals surface area contributed by atoms with Crippen molar-refractivity contribution in [2.45, 2.75) is 19.3 Å². The van der Waals surface area contributed by atoms with E-state index in [1.54, 1.807) is 12.1 Å². The molecule has 4 nitrogen and oxygen atoms in total. The minimum Gasteiger partial charge on any atom is -0.396 e. The van der Waals surface area contributed by atoms with Crippen LogP contribution in [0.15, 0.2) is 30.3 Å². The first kappa shape index (κ1) is 16.2. The van der Waals surface area contributed by atoms with Crippen molar-refractivity contribution < 1.29 is 0 Å². The molecule has 0 aliphatic carbocycles. The first-order chi connectivity index (χ1) is 11.7. The molecule has 5 heteroatoms. The molecule has 0 amide bonds. The summed E-state index contributed by atoms with van der Waals surface area (Å²) in [5.74, 6) is 0. The van der Waals surface area contributed by atoms with Crippen LogP contribution in [0.2, 0.25) is 5.02 Å². The maximum absolute atomic E-state index is 9.56. The Hall–Kier alpha value is -2.69. The second-order valence-electron chi connectivity index (χ2n) is 5.89. The molecular formula is C19H17ClN4. The molecule has 2 aromatic rings. The van der Waals surface area contributed by atoms with E-state index in [0.29, 0.717) is 16.1 Å². The van der Waals surface area contributed by atoms with Crippen molar-refractivity contribution in [3.8, 4) is 23.3 Å².